The average Bonchev–Trinajstić information content (AvgIpc) is 1.90. The first kappa shape index (κ1) is 12.2. The van der Waals surface area contributed by atoms with Crippen molar-refractivity contribution >= 4 is 20.8 Å². The first-order valence-electron chi connectivity index (χ1n) is 2.67. The van der Waals surface area contributed by atoms with E-state index in [9.17, 15) is 0 Å². The summed E-state index contributed by atoms with van der Waals surface area (Å²) in [4.78, 5) is 0. The van der Waals surface area contributed by atoms with Crippen molar-refractivity contribution in [2.45, 2.75) is 6.54 Å². The van der Waals surface area contributed by atoms with Gasteiger partial charge in [-0.1, -0.05) is 30.3 Å². The molecule has 0 amide bonds. The summed E-state index contributed by atoms with van der Waals surface area (Å²) in [5.41, 5.74) is 6.54. The second-order valence-electron chi connectivity index (χ2n) is 1.69. The second-order valence-corrected chi connectivity index (χ2v) is 1.69. The SMILES string of the molecule is Cl.NCc1ccccc1.[B]. The molecule has 1 nitrogen and oxygen atoms in total. The van der Waals surface area contributed by atoms with E-state index in [1.807, 2.05) is 30.3 Å². The Labute approximate surface area is 69.6 Å². The third-order valence-corrected chi connectivity index (χ3v) is 1.08. The second kappa shape index (κ2) is 6.65. The van der Waals surface area contributed by atoms with Gasteiger partial charge in [0.05, 0.1) is 0 Å². The van der Waals surface area contributed by atoms with Gasteiger partial charge < -0.3 is 5.73 Å². The van der Waals surface area contributed by atoms with Crippen molar-refractivity contribution in [3.05, 3.63) is 35.9 Å². The smallest absolute Gasteiger partial charge is 0.0178 e. The summed E-state index contributed by atoms with van der Waals surface area (Å²) in [5, 5.41) is 0. The molecule has 10 heavy (non-hydrogen) atoms. The molecule has 0 saturated heterocycles. The highest BCUT2D eigenvalue weighted by atomic mass is 35.5. The zero-order chi connectivity index (χ0) is 5.82. The molecule has 2 N–H and O–H groups in total. The molecule has 1 rings (SSSR count). The molecule has 0 aliphatic heterocycles. The summed E-state index contributed by atoms with van der Waals surface area (Å²) in [6.45, 7) is 0.640. The van der Waals surface area contributed by atoms with Gasteiger partial charge in [0.2, 0.25) is 0 Å². The molecule has 0 spiro atoms. The molecule has 0 aliphatic carbocycles. The standard InChI is InChI=1S/C7H9N.B.ClH/c8-6-7-4-2-1-3-5-7;;/h1-5H,6,8H2;;1H. The quantitative estimate of drug-likeness (QED) is 0.604. The largest absolute Gasteiger partial charge is 0.326 e. The van der Waals surface area contributed by atoms with Gasteiger partial charge in [-0.2, -0.15) is 0 Å². The Kier molecular flexibility index (Phi) is 8.14. The van der Waals surface area contributed by atoms with E-state index in [0.717, 1.165) is 0 Å². The predicted octanol–water partition coefficient (Wildman–Crippen LogP) is 1.19. The van der Waals surface area contributed by atoms with Crippen LogP contribution < -0.4 is 5.73 Å². The van der Waals surface area contributed by atoms with Gasteiger partial charge >= 0.3 is 0 Å². The highest BCUT2D eigenvalue weighted by Gasteiger charge is 1.80. The number of halogens is 1. The van der Waals surface area contributed by atoms with Crippen molar-refractivity contribution in [2.24, 2.45) is 5.73 Å². The molecule has 0 unspecified atom stereocenters. The van der Waals surface area contributed by atoms with Gasteiger partial charge in [0.1, 0.15) is 0 Å². The number of nitrogens with two attached hydrogens (primary N) is 1. The maximum Gasteiger partial charge on any atom is 0.0178 e. The Morgan fingerprint density at radius 1 is 1.10 bits per heavy atom. The minimum atomic E-state index is 0. The van der Waals surface area contributed by atoms with Crippen molar-refractivity contribution in [3.8, 4) is 0 Å². The first-order valence-corrected chi connectivity index (χ1v) is 2.67. The fourth-order valence-corrected chi connectivity index (χ4v) is 0.614. The van der Waals surface area contributed by atoms with Crippen LogP contribution in [0.4, 0.5) is 0 Å². The lowest BCUT2D eigenvalue weighted by Gasteiger charge is -1.90. The fraction of sp³-hybridized carbons (Fsp3) is 0.143. The Bertz CT molecular complexity index is 155. The zero-order valence-electron chi connectivity index (χ0n) is 5.66. The van der Waals surface area contributed by atoms with Gasteiger partial charge in [0.25, 0.3) is 0 Å². The van der Waals surface area contributed by atoms with E-state index in [1.165, 1.54) is 5.56 Å². The molecule has 3 heteroatoms. The van der Waals surface area contributed by atoms with E-state index in [1.54, 1.807) is 0 Å². The van der Waals surface area contributed by atoms with Crippen molar-refractivity contribution in [1.82, 2.24) is 0 Å². The Hall–Kier alpha value is -0.465. The third-order valence-electron chi connectivity index (χ3n) is 1.08. The first-order chi connectivity index (χ1) is 3.93. The Morgan fingerprint density at radius 2 is 1.60 bits per heavy atom. The van der Waals surface area contributed by atoms with Gasteiger partial charge in [-0.05, 0) is 5.56 Å². The van der Waals surface area contributed by atoms with E-state index in [2.05, 4.69) is 0 Å². The van der Waals surface area contributed by atoms with Crippen LogP contribution in [0.1, 0.15) is 5.56 Å². The molecule has 0 bridgehead atoms. The van der Waals surface area contributed by atoms with Crippen LogP contribution in [0.15, 0.2) is 30.3 Å². The molecule has 53 valence electrons. The summed E-state index contributed by atoms with van der Waals surface area (Å²) in [6.07, 6.45) is 0. The van der Waals surface area contributed by atoms with Gasteiger partial charge in [-0.25, -0.2) is 0 Å². The molecule has 1 aromatic rings. The Balaban J connectivity index is 0. The van der Waals surface area contributed by atoms with Crippen LogP contribution in [0.2, 0.25) is 0 Å². The van der Waals surface area contributed by atoms with Crippen LogP contribution in [0.25, 0.3) is 0 Å². The topological polar surface area (TPSA) is 26.0 Å². The summed E-state index contributed by atoms with van der Waals surface area (Å²) < 4.78 is 0. The van der Waals surface area contributed by atoms with E-state index in [4.69, 9.17) is 5.73 Å². The summed E-state index contributed by atoms with van der Waals surface area (Å²) >= 11 is 0. The maximum absolute atomic E-state index is 5.35. The molecule has 1 aromatic carbocycles. The fourth-order valence-electron chi connectivity index (χ4n) is 0.614. The molecule has 0 fully saturated rings. The van der Waals surface area contributed by atoms with Crippen LogP contribution in [0.5, 0.6) is 0 Å². The van der Waals surface area contributed by atoms with Crippen molar-refractivity contribution in [1.29, 1.82) is 0 Å². The predicted molar refractivity (Wildman–Crippen MR) is 47.3 cm³/mol. The van der Waals surface area contributed by atoms with Crippen molar-refractivity contribution < 1.29 is 0 Å². The number of hydrogen-bond acceptors (Lipinski definition) is 1. The monoisotopic (exact) mass is 154 g/mol. The Morgan fingerprint density at radius 3 is 1.90 bits per heavy atom. The lowest BCUT2D eigenvalue weighted by Crippen LogP contribution is -1.94. The minimum Gasteiger partial charge on any atom is -0.326 e. The van der Waals surface area contributed by atoms with Gasteiger partial charge in [-0.15, -0.1) is 12.4 Å². The molecule has 0 aliphatic rings. The van der Waals surface area contributed by atoms with Crippen molar-refractivity contribution in [3.63, 3.8) is 0 Å². The van der Waals surface area contributed by atoms with Crippen LogP contribution in [0.3, 0.4) is 0 Å². The lowest BCUT2D eigenvalue weighted by atomic mass is 10.2. The average molecular weight is 154 g/mol. The van der Waals surface area contributed by atoms with Crippen LogP contribution >= 0.6 is 12.4 Å². The molecule has 0 saturated carbocycles. The van der Waals surface area contributed by atoms with E-state index >= 15 is 0 Å². The highest BCUT2D eigenvalue weighted by Crippen LogP contribution is 1.94. The van der Waals surface area contributed by atoms with Crippen LogP contribution in [-0.4, -0.2) is 8.41 Å². The molecular weight excluding hydrogens is 144 g/mol. The zero-order valence-corrected chi connectivity index (χ0v) is 6.47. The van der Waals surface area contributed by atoms with E-state index in [-0.39, 0.29) is 20.8 Å². The summed E-state index contributed by atoms with van der Waals surface area (Å²) in [7, 11) is 0. The van der Waals surface area contributed by atoms with Crippen LogP contribution in [-0.2, 0) is 6.54 Å². The third kappa shape index (κ3) is 3.54. The number of rotatable bonds is 1. The summed E-state index contributed by atoms with van der Waals surface area (Å²) in [5.74, 6) is 0. The van der Waals surface area contributed by atoms with Crippen molar-refractivity contribution in [2.75, 3.05) is 0 Å². The normalized spacial score (nSPS) is 7.30. The maximum atomic E-state index is 5.35. The number of hydrogen-bond donors (Lipinski definition) is 1. The summed E-state index contributed by atoms with van der Waals surface area (Å²) in [6, 6.07) is 9.99. The van der Waals surface area contributed by atoms with E-state index < -0.39 is 0 Å². The highest BCUT2D eigenvalue weighted by molar-refractivity contribution is 5.85. The number of benzene rings is 1. The lowest BCUT2D eigenvalue weighted by molar-refractivity contribution is 1.07. The van der Waals surface area contributed by atoms with Gasteiger partial charge in [0.15, 0.2) is 0 Å². The van der Waals surface area contributed by atoms with Gasteiger partial charge in [-0.3, -0.25) is 0 Å². The molecule has 0 heterocycles. The van der Waals surface area contributed by atoms with E-state index in [0.29, 0.717) is 6.54 Å². The van der Waals surface area contributed by atoms with Crippen LogP contribution in [0, 0.1) is 0 Å². The molecular formula is C7H10BClN. The van der Waals surface area contributed by atoms with Gasteiger partial charge in [0, 0.05) is 15.0 Å². The molecule has 0 atom stereocenters. The molecule has 3 radical (unpaired) electrons. The minimum absolute atomic E-state index is 0. The molecule has 0 aromatic heterocycles.